The molecular weight excluding hydrogens is 1360 g/mol. The van der Waals surface area contributed by atoms with Gasteiger partial charge in [-0.15, -0.1) is 0 Å². The first-order valence-corrected chi connectivity index (χ1v) is 36.9. The van der Waals surface area contributed by atoms with E-state index >= 15 is 8.78 Å². The number of phosphoric acid groups is 1. The summed E-state index contributed by atoms with van der Waals surface area (Å²) in [5, 5.41) is 4.35. The third-order valence-corrected chi connectivity index (χ3v) is 21.2. The molecule has 0 aromatic carbocycles. The molecule has 0 amide bonds. The standard InChI is InChI=1S/C23H26F2N8O10P2S.C22H26FN9O9P2S2/c24-9-4-32(19-15(9)10(26)1-2-28-19)14-3-11-12(41-14)5-40-45(36,37)43-18-16(25)13(6-39-44(35,46)8-38-11)42-22(18)33-7-29-17-20(33)30-23(27)31-21(17)34;23-15-13-6-37-42(34,44)8-36-11-3-10(9-4-28-32-14(24)1-2-26-18(9)32)39-12(11)5-38-43(35,45)41-17(15)21(40-13)31-7-27-16-19(31)29-22(25)30-20(16)33/h1-2,4,7,11-14,16,18,22H,3,5-6,8H2,(H2,26,28)(H,35,46)(H,36,37)(H3,27,30,31,34);1-2,4,7,10-13,15,17,21H,3,5-6,8,24H2,(H,34,44)(H,35,45)(H3,25,29,30,33)/t11-,12+,13+,14+,16+,18+,22+,44?;10-,11+,12-,13-,15-,17-,21-,42?,43?/m01/s1. The minimum Gasteiger partial charge on any atom is -0.398 e. The Labute approximate surface area is 521 Å². The number of nitrogens with zero attached hydrogens (tertiary/aromatic N) is 11. The second kappa shape index (κ2) is 24.7. The van der Waals surface area contributed by atoms with Crippen LogP contribution in [0.2, 0.25) is 0 Å². The van der Waals surface area contributed by atoms with Crippen molar-refractivity contribution in [3.8, 4) is 0 Å². The van der Waals surface area contributed by atoms with Gasteiger partial charge in [0.2, 0.25) is 24.9 Å². The van der Waals surface area contributed by atoms with E-state index in [0.717, 1.165) is 17.1 Å². The number of ether oxygens (including phenoxy) is 6. The summed E-state index contributed by atoms with van der Waals surface area (Å²) in [6.07, 6.45) is -11.2. The number of fused-ring (bicyclic) bond motifs is 10. The minimum atomic E-state index is -5.08. The fourth-order valence-corrected chi connectivity index (χ4v) is 15.9. The molecule has 8 aromatic heterocycles. The van der Waals surface area contributed by atoms with E-state index in [1.807, 2.05) is 0 Å². The van der Waals surface area contributed by atoms with E-state index in [2.05, 4.69) is 57.2 Å². The lowest BCUT2D eigenvalue weighted by Crippen LogP contribution is -2.34. The van der Waals surface area contributed by atoms with Gasteiger partial charge in [0, 0.05) is 42.7 Å². The highest BCUT2D eigenvalue weighted by molar-refractivity contribution is 8.44. The molecule has 36 nitrogen and oxygen atoms in total. The van der Waals surface area contributed by atoms with Gasteiger partial charge in [-0.1, -0.05) is 12.2 Å². The normalized spacial score (nSPS) is 36.0. The van der Waals surface area contributed by atoms with E-state index in [1.165, 1.54) is 38.4 Å². The van der Waals surface area contributed by atoms with Gasteiger partial charge in [0.1, 0.15) is 67.0 Å². The molecule has 91 heavy (non-hydrogen) atoms. The topological polar surface area (TPSA) is 485 Å². The molecular formula is C45H52F3N17O19P4S3. The molecule has 4 unspecified atom stereocenters. The van der Waals surface area contributed by atoms with Gasteiger partial charge in [-0.05, 0) is 35.7 Å². The van der Waals surface area contributed by atoms with Gasteiger partial charge in [0.05, 0.1) is 69.0 Å². The Kier molecular flexibility index (Phi) is 17.4. The zero-order chi connectivity index (χ0) is 64.2. The predicted molar refractivity (Wildman–Crippen MR) is 317 cm³/mol. The zero-order valence-electron chi connectivity index (χ0n) is 46.1. The van der Waals surface area contributed by atoms with Crippen molar-refractivity contribution in [1.82, 2.24) is 63.2 Å². The van der Waals surface area contributed by atoms with E-state index in [1.54, 1.807) is 12.3 Å². The van der Waals surface area contributed by atoms with Crippen molar-refractivity contribution < 1.29 is 92.5 Å². The van der Waals surface area contributed by atoms with Crippen molar-refractivity contribution in [1.29, 1.82) is 0 Å². The zero-order valence-corrected chi connectivity index (χ0v) is 52.3. The second-order valence-corrected chi connectivity index (χ2v) is 32.5. The van der Waals surface area contributed by atoms with Crippen LogP contribution in [0.25, 0.3) is 39.0 Å². The van der Waals surface area contributed by atoms with Gasteiger partial charge in [-0.2, -0.15) is 19.6 Å². The van der Waals surface area contributed by atoms with Gasteiger partial charge in [0.25, 0.3) is 11.1 Å². The minimum absolute atomic E-state index is 0.0469. The molecule has 14 heterocycles. The predicted octanol–water partition coefficient (Wildman–Crippen LogP) is 2.38. The number of hydrogen-bond acceptors (Lipinski definition) is 29. The van der Waals surface area contributed by atoms with Gasteiger partial charge in [-0.3, -0.25) is 46.8 Å². The van der Waals surface area contributed by atoms with Crippen LogP contribution in [-0.2, 0) is 88.3 Å². The molecule has 0 saturated carbocycles. The summed E-state index contributed by atoms with van der Waals surface area (Å²) in [5.74, 6) is -0.780. The molecule has 490 valence electrons. The van der Waals surface area contributed by atoms with Crippen LogP contribution < -0.4 is 34.1 Å². The van der Waals surface area contributed by atoms with Crippen LogP contribution in [0.1, 0.15) is 43.2 Å². The first kappa shape index (κ1) is 64.2. The number of hydrogen-bond donors (Lipinski definition) is 10. The molecule has 13 N–H and O–H groups in total. The van der Waals surface area contributed by atoms with Crippen LogP contribution in [0.15, 0.2) is 59.2 Å². The lowest BCUT2D eigenvalue weighted by Gasteiger charge is -2.26. The number of alkyl halides is 2. The molecule has 6 fully saturated rings. The molecule has 46 heteroatoms. The SMILES string of the molecule is Nc1nc2c(ncn2[C@@H]2O[C@@H]3COP(O)(=S)CO[C@H]4C[C@H](c5cnn6c(N)ccnc56)O[C@@H]4COP(=O)(S)O[C@@H]2[C@@H]3F)c(=O)[nH]1.Nc1nc2c(ncn2[C@@H]2O[C@@H]3COP(O)(=S)CO[C@H]4C[C@H](n5cc(F)c6c(N)ccnc65)O[C@@H]4COP(=O)(O)O[C@@H]2[C@@H]3F)c(=O)[nH]1. The van der Waals surface area contributed by atoms with Crippen molar-refractivity contribution in [2.75, 3.05) is 62.1 Å². The smallest absolute Gasteiger partial charge is 0.398 e. The summed E-state index contributed by atoms with van der Waals surface area (Å²) in [7, 11) is -5.08. The molecule has 6 aliphatic rings. The average Bonchev–Trinajstić information content (AvgIpc) is 1.64. The highest BCUT2D eigenvalue weighted by Gasteiger charge is 2.54. The Balaban J connectivity index is 0.000000167. The van der Waals surface area contributed by atoms with Crippen LogP contribution >= 0.6 is 39.9 Å². The number of H-pyrrole nitrogens is 2. The number of anilines is 4. The first-order chi connectivity index (χ1) is 43.2. The van der Waals surface area contributed by atoms with Crippen LogP contribution in [-0.4, -0.2) is 178 Å². The summed E-state index contributed by atoms with van der Waals surface area (Å²) in [5.41, 5.74) is 22.9. The molecule has 4 bridgehead atoms. The summed E-state index contributed by atoms with van der Waals surface area (Å²) in [6.45, 7) is -13.8. The number of thiol groups is 1. The molecule has 18 atom stereocenters. The Morgan fingerprint density at radius 2 is 1.19 bits per heavy atom. The van der Waals surface area contributed by atoms with Crippen LogP contribution in [0.3, 0.4) is 0 Å². The van der Waals surface area contributed by atoms with Crippen molar-refractivity contribution in [2.45, 2.75) is 98.8 Å². The van der Waals surface area contributed by atoms with E-state index in [-0.39, 0.29) is 70.4 Å². The molecule has 8 aromatic rings. The second-order valence-electron chi connectivity index (χ2n) is 21.2. The Morgan fingerprint density at radius 3 is 1.80 bits per heavy atom. The summed E-state index contributed by atoms with van der Waals surface area (Å²) >= 11 is 14.6. The van der Waals surface area contributed by atoms with Gasteiger partial charge >= 0.3 is 14.6 Å². The van der Waals surface area contributed by atoms with Crippen molar-refractivity contribution in [2.24, 2.45) is 0 Å². The van der Waals surface area contributed by atoms with Crippen molar-refractivity contribution in [3.63, 3.8) is 0 Å². The monoisotopic (exact) mass is 1410 g/mol. The van der Waals surface area contributed by atoms with Crippen LogP contribution in [0.5, 0.6) is 0 Å². The number of aromatic amines is 2. The van der Waals surface area contributed by atoms with E-state index in [0.29, 0.717) is 17.0 Å². The first-order valence-electron chi connectivity index (χ1n) is 27.0. The van der Waals surface area contributed by atoms with E-state index < -0.39 is 163 Å². The number of nitrogens with two attached hydrogens (primary N) is 4. The lowest BCUT2D eigenvalue weighted by atomic mass is 10.1. The summed E-state index contributed by atoms with van der Waals surface area (Å²) in [4.78, 5) is 86.4. The number of phosphoric ester groups is 1. The fraction of sp³-hybridized carbons (Fsp3) is 0.489. The van der Waals surface area contributed by atoms with Crippen molar-refractivity contribution in [3.05, 3.63) is 81.7 Å². The third-order valence-electron chi connectivity index (χ3n) is 15.3. The highest BCUT2D eigenvalue weighted by Crippen LogP contribution is 2.59. The van der Waals surface area contributed by atoms with Gasteiger partial charge < -0.3 is 79.7 Å². The number of nitrogens with one attached hydrogen (secondary N) is 2. The molecule has 0 radical (unpaired) electrons. The molecule has 0 spiro atoms. The lowest BCUT2D eigenvalue weighted by molar-refractivity contribution is -0.0617. The Morgan fingerprint density at radius 1 is 0.648 bits per heavy atom. The Hall–Kier alpha value is -5.49. The molecule has 6 saturated heterocycles. The summed E-state index contributed by atoms with van der Waals surface area (Å²) in [6, 6.07) is 3.04. The number of aromatic nitrogens is 13. The van der Waals surface area contributed by atoms with Crippen LogP contribution in [0, 0.1) is 5.82 Å². The molecule has 0 aliphatic carbocycles. The quantitative estimate of drug-likeness (QED) is 0.0893. The molecule has 6 aliphatic heterocycles. The van der Waals surface area contributed by atoms with Crippen LogP contribution in [0.4, 0.5) is 36.6 Å². The Bertz CT molecular complexity index is 4460. The number of pyridine rings is 1. The van der Waals surface area contributed by atoms with Crippen molar-refractivity contribution >= 4 is 126 Å². The number of nitrogen functional groups attached to an aromatic ring is 4. The van der Waals surface area contributed by atoms with Gasteiger partial charge in [-0.25, -0.2) is 42.2 Å². The van der Waals surface area contributed by atoms with E-state index in [9.17, 15) is 37.8 Å². The number of imidazole rings is 2. The fourth-order valence-electron chi connectivity index (χ4n) is 11.1. The summed E-state index contributed by atoms with van der Waals surface area (Å²) < 4.78 is 147. The maximum Gasteiger partial charge on any atom is 0.472 e. The third kappa shape index (κ3) is 12.9. The van der Waals surface area contributed by atoms with E-state index in [4.69, 9.17) is 102 Å². The van der Waals surface area contributed by atoms with Gasteiger partial charge in [0.15, 0.2) is 58.6 Å². The number of halogens is 3. The highest BCUT2D eigenvalue weighted by atomic mass is 32.7. The average molecular weight is 1410 g/mol. The maximum atomic E-state index is 15.9. The maximum absolute atomic E-state index is 15.9. The largest absolute Gasteiger partial charge is 0.472 e. The molecule has 14 rings (SSSR count). The number of rotatable bonds is 4.